The Hall–Kier alpha value is -1.27. The van der Waals surface area contributed by atoms with Crippen LogP contribution in [0, 0.1) is 5.82 Å². The van der Waals surface area contributed by atoms with Gasteiger partial charge in [0.15, 0.2) is 0 Å². The fourth-order valence-corrected chi connectivity index (χ4v) is 2.56. The molecule has 0 bridgehead atoms. The molecule has 1 N–H and O–H groups in total. The Bertz CT molecular complexity index is 582. The van der Waals surface area contributed by atoms with Crippen molar-refractivity contribution < 1.29 is 4.39 Å². The van der Waals surface area contributed by atoms with E-state index in [9.17, 15) is 4.39 Å². The number of nitrogens with one attached hydrogen (secondary N) is 1. The molecule has 2 aromatic rings. The SMILES string of the molecule is CNC(Cc1ncnn1C(C)C)c1cc(Br)ccc1F. The molecule has 1 aromatic carbocycles. The molecule has 1 atom stereocenters. The third-order valence-electron chi connectivity index (χ3n) is 3.21. The Morgan fingerprint density at radius 1 is 1.40 bits per heavy atom. The Morgan fingerprint density at radius 2 is 2.15 bits per heavy atom. The van der Waals surface area contributed by atoms with E-state index in [1.165, 1.54) is 6.07 Å². The van der Waals surface area contributed by atoms with Crippen molar-refractivity contribution in [1.29, 1.82) is 0 Å². The molecule has 1 unspecified atom stereocenters. The third kappa shape index (κ3) is 3.24. The van der Waals surface area contributed by atoms with Crippen molar-refractivity contribution in [2.24, 2.45) is 0 Å². The number of likely N-dealkylation sites (N-methyl/N-ethyl adjacent to an activating group) is 1. The maximum Gasteiger partial charge on any atom is 0.138 e. The fraction of sp³-hybridized carbons (Fsp3) is 0.429. The summed E-state index contributed by atoms with van der Waals surface area (Å²) in [6, 6.07) is 5.05. The number of hydrogen-bond donors (Lipinski definition) is 1. The Morgan fingerprint density at radius 3 is 2.80 bits per heavy atom. The van der Waals surface area contributed by atoms with Crippen LogP contribution < -0.4 is 5.32 Å². The quantitative estimate of drug-likeness (QED) is 0.908. The molecule has 0 fully saturated rings. The van der Waals surface area contributed by atoms with E-state index < -0.39 is 0 Å². The van der Waals surface area contributed by atoms with E-state index in [1.807, 2.05) is 25.6 Å². The molecular formula is C14H18BrFN4. The van der Waals surface area contributed by atoms with Gasteiger partial charge in [-0.2, -0.15) is 5.10 Å². The zero-order valence-corrected chi connectivity index (χ0v) is 13.4. The molecule has 20 heavy (non-hydrogen) atoms. The van der Waals surface area contributed by atoms with E-state index in [0.29, 0.717) is 12.0 Å². The summed E-state index contributed by atoms with van der Waals surface area (Å²) in [7, 11) is 1.82. The summed E-state index contributed by atoms with van der Waals surface area (Å²) in [4.78, 5) is 4.28. The molecule has 0 aliphatic heterocycles. The molecule has 0 aliphatic rings. The second-order valence-electron chi connectivity index (χ2n) is 4.93. The average Bonchev–Trinajstić information content (AvgIpc) is 2.87. The number of rotatable bonds is 5. The van der Waals surface area contributed by atoms with Gasteiger partial charge >= 0.3 is 0 Å². The number of halogens is 2. The van der Waals surface area contributed by atoms with Crippen molar-refractivity contribution in [2.45, 2.75) is 32.4 Å². The summed E-state index contributed by atoms with van der Waals surface area (Å²) in [6.07, 6.45) is 2.13. The van der Waals surface area contributed by atoms with Crippen molar-refractivity contribution in [3.05, 3.63) is 46.2 Å². The molecule has 1 aromatic heterocycles. The highest BCUT2D eigenvalue weighted by molar-refractivity contribution is 9.10. The number of aromatic nitrogens is 3. The van der Waals surface area contributed by atoms with Gasteiger partial charge < -0.3 is 5.32 Å². The van der Waals surface area contributed by atoms with Crippen molar-refractivity contribution in [3.8, 4) is 0 Å². The van der Waals surface area contributed by atoms with Crippen LogP contribution in [0.1, 0.15) is 37.3 Å². The predicted octanol–water partition coefficient (Wildman–Crippen LogP) is 3.26. The molecule has 0 saturated heterocycles. The lowest BCUT2D eigenvalue weighted by Crippen LogP contribution is -2.22. The minimum Gasteiger partial charge on any atom is -0.313 e. The second kappa shape index (κ2) is 6.45. The van der Waals surface area contributed by atoms with Crippen molar-refractivity contribution in [3.63, 3.8) is 0 Å². The predicted molar refractivity (Wildman–Crippen MR) is 80.0 cm³/mol. The lowest BCUT2D eigenvalue weighted by Gasteiger charge is -2.18. The van der Waals surface area contributed by atoms with E-state index in [4.69, 9.17) is 0 Å². The third-order valence-corrected chi connectivity index (χ3v) is 3.70. The summed E-state index contributed by atoms with van der Waals surface area (Å²) in [5.41, 5.74) is 0.625. The molecule has 0 radical (unpaired) electrons. The number of nitrogens with zero attached hydrogens (tertiary/aromatic N) is 3. The molecule has 108 valence electrons. The van der Waals surface area contributed by atoms with E-state index in [1.54, 1.807) is 18.5 Å². The standard InChI is InChI=1S/C14H18BrFN4/c1-9(2)20-14(18-8-19-20)7-13(17-3)11-6-10(15)4-5-12(11)16/h4-6,8-9,13,17H,7H2,1-3H3. The van der Waals surface area contributed by atoms with Gasteiger partial charge in [0.05, 0.1) is 0 Å². The van der Waals surface area contributed by atoms with Crippen LogP contribution in [0.25, 0.3) is 0 Å². The van der Waals surface area contributed by atoms with Crippen LogP contribution in [0.4, 0.5) is 4.39 Å². The van der Waals surface area contributed by atoms with Crippen molar-refractivity contribution in [2.75, 3.05) is 7.05 Å². The average molecular weight is 341 g/mol. The van der Waals surface area contributed by atoms with Crippen LogP contribution in [0.2, 0.25) is 0 Å². The lowest BCUT2D eigenvalue weighted by molar-refractivity contribution is 0.468. The molecule has 0 spiro atoms. The van der Waals surface area contributed by atoms with Gasteiger partial charge in [-0.15, -0.1) is 0 Å². The summed E-state index contributed by atoms with van der Waals surface area (Å²) >= 11 is 3.38. The minimum absolute atomic E-state index is 0.144. The van der Waals surface area contributed by atoms with E-state index in [-0.39, 0.29) is 17.9 Å². The highest BCUT2D eigenvalue weighted by Crippen LogP contribution is 2.24. The highest BCUT2D eigenvalue weighted by atomic mass is 79.9. The maximum absolute atomic E-state index is 14.0. The van der Waals surface area contributed by atoms with Gasteiger partial charge in [0, 0.05) is 28.5 Å². The van der Waals surface area contributed by atoms with Gasteiger partial charge in [-0.05, 0) is 39.1 Å². The summed E-state index contributed by atoms with van der Waals surface area (Å²) < 4.78 is 16.7. The zero-order chi connectivity index (χ0) is 14.7. The molecule has 0 aliphatic carbocycles. The molecule has 6 heteroatoms. The van der Waals surface area contributed by atoms with Gasteiger partial charge in [0.2, 0.25) is 0 Å². The topological polar surface area (TPSA) is 42.7 Å². The minimum atomic E-state index is -0.219. The van der Waals surface area contributed by atoms with Gasteiger partial charge in [0.1, 0.15) is 18.0 Å². The van der Waals surface area contributed by atoms with Crippen molar-refractivity contribution in [1.82, 2.24) is 20.1 Å². The summed E-state index contributed by atoms with van der Waals surface area (Å²) in [6.45, 7) is 4.10. The van der Waals surface area contributed by atoms with E-state index in [0.717, 1.165) is 10.3 Å². The second-order valence-corrected chi connectivity index (χ2v) is 5.84. The zero-order valence-electron chi connectivity index (χ0n) is 11.8. The largest absolute Gasteiger partial charge is 0.313 e. The first-order valence-corrected chi connectivity index (χ1v) is 7.32. The lowest BCUT2D eigenvalue weighted by atomic mass is 10.0. The summed E-state index contributed by atoms with van der Waals surface area (Å²) in [5, 5.41) is 7.36. The first-order chi connectivity index (χ1) is 9.52. The normalized spacial score (nSPS) is 12.9. The Kier molecular flexibility index (Phi) is 4.88. The van der Waals surface area contributed by atoms with Crippen LogP contribution in [0.15, 0.2) is 29.0 Å². The van der Waals surface area contributed by atoms with Gasteiger partial charge in [-0.3, -0.25) is 0 Å². The first kappa shape index (κ1) is 15.1. The van der Waals surface area contributed by atoms with Crippen LogP contribution in [0.3, 0.4) is 0 Å². The van der Waals surface area contributed by atoms with E-state index >= 15 is 0 Å². The smallest absolute Gasteiger partial charge is 0.138 e. The monoisotopic (exact) mass is 340 g/mol. The van der Waals surface area contributed by atoms with Crippen LogP contribution in [-0.4, -0.2) is 21.8 Å². The van der Waals surface area contributed by atoms with Crippen LogP contribution in [-0.2, 0) is 6.42 Å². The first-order valence-electron chi connectivity index (χ1n) is 6.53. The number of benzene rings is 1. The summed E-state index contributed by atoms with van der Waals surface area (Å²) in [5.74, 6) is 0.627. The van der Waals surface area contributed by atoms with Crippen LogP contribution >= 0.6 is 15.9 Å². The van der Waals surface area contributed by atoms with E-state index in [2.05, 4.69) is 31.3 Å². The Balaban J connectivity index is 2.29. The maximum atomic E-state index is 14.0. The van der Waals surface area contributed by atoms with Crippen molar-refractivity contribution >= 4 is 15.9 Å². The number of hydrogen-bond acceptors (Lipinski definition) is 3. The molecule has 1 heterocycles. The fourth-order valence-electron chi connectivity index (χ4n) is 2.18. The van der Waals surface area contributed by atoms with Crippen LogP contribution in [0.5, 0.6) is 0 Å². The molecule has 0 amide bonds. The molecular weight excluding hydrogens is 323 g/mol. The molecule has 2 rings (SSSR count). The molecule has 4 nitrogen and oxygen atoms in total. The molecule has 0 saturated carbocycles. The van der Waals surface area contributed by atoms with Gasteiger partial charge in [-0.25, -0.2) is 14.1 Å². The Labute approximate surface area is 126 Å². The highest BCUT2D eigenvalue weighted by Gasteiger charge is 2.18. The van der Waals surface area contributed by atoms with Gasteiger partial charge in [0.25, 0.3) is 0 Å². The van der Waals surface area contributed by atoms with Gasteiger partial charge in [-0.1, -0.05) is 15.9 Å².